The topological polar surface area (TPSA) is 106 Å². The highest BCUT2D eigenvalue weighted by atomic mass is 16.8. The van der Waals surface area contributed by atoms with Crippen LogP contribution in [0, 0.1) is 0 Å². The molecule has 8 heteroatoms. The van der Waals surface area contributed by atoms with E-state index in [1.165, 1.54) is 0 Å². The van der Waals surface area contributed by atoms with Gasteiger partial charge in [-0.2, -0.15) is 0 Å². The Balaban J connectivity index is 1.58. The van der Waals surface area contributed by atoms with Crippen molar-refractivity contribution in [2.24, 2.45) is 5.11 Å². The third kappa shape index (κ3) is 3.70. The van der Waals surface area contributed by atoms with Crippen LogP contribution < -0.4 is 0 Å². The van der Waals surface area contributed by atoms with Crippen molar-refractivity contribution in [2.45, 2.75) is 56.9 Å². The Labute approximate surface area is 139 Å². The van der Waals surface area contributed by atoms with Crippen molar-refractivity contribution >= 4 is 0 Å². The van der Waals surface area contributed by atoms with E-state index in [0.29, 0.717) is 6.61 Å². The Kier molecular flexibility index (Phi) is 5.05. The number of aliphatic hydroxyl groups excluding tert-OH is 1. The molecule has 0 unspecified atom stereocenters. The van der Waals surface area contributed by atoms with E-state index in [-0.39, 0.29) is 6.61 Å². The van der Waals surface area contributed by atoms with Crippen molar-refractivity contribution in [1.82, 2.24) is 0 Å². The summed E-state index contributed by atoms with van der Waals surface area (Å²) in [5.74, 6) is -0.807. The molecule has 24 heavy (non-hydrogen) atoms. The molecule has 1 N–H and O–H groups in total. The standard InChI is InChI=1S/C16H21N3O5/c1-16(2)23-14-12(18-19-17)13(22-15(14)24-16)11(20)9-21-8-10-6-4-3-5-7-10/h3-7,11-15,20H,8-9H2,1-2H3/t11-,12+,13-,14-,15-/m1/s1. The van der Waals surface area contributed by atoms with Gasteiger partial charge in [-0.05, 0) is 24.9 Å². The summed E-state index contributed by atoms with van der Waals surface area (Å²) in [7, 11) is 0. The summed E-state index contributed by atoms with van der Waals surface area (Å²) >= 11 is 0. The van der Waals surface area contributed by atoms with Gasteiger partial charge in [-0.15, -0.1) is 0 Å². The Morgan fingerprint density at radius 3 is 2.79 bits per heavy atom. The van der Waals surface area contributed by atoms with Gasteiger partial charge in [0, 0.05) is 4.91 Å². The van der Waals surface area contributed by atoms with Crippen molar-refractivity contribution < 1.29 is 24.1 Å². The van der Waals surface area contributed by atoms with Gasteiger partial charge in [-0.25, -0.2) is 0 Å². The smallest absolute Gasteiger partial charge is 0.188 e. The maximum Gasteiger partial charge on any atom is 0.188 e. The zero-order valence-corrected chi connectivity index (χ0v) is 13.6. The van der Waals surface area contributed by atoms with Gasteiger partial charge < -0.3 is 24.1 Å². The van der Waals surface area contributed by atoms with Crippen LogP contribution in [0.15, 0.2) is 35.4 Å². The summed E-state index contributed by atoms with van der Waals surface area (Å²) in [5, 5.41) is 14.1. The highest BCUT2D eigenvalue weighted by Gasteiger charge is 2.56. The molecule has 130 valence electrons. The Morgan fingerprint density at radius 1 is 1.33 bits per heavy atom. The molecule has 0 aliphatic carbocycles. The molecular formula is C16H21N3O5. The van der Waals surface area contributed by atoms with Gasteiger partial charge in [0.05, 0.1) is 19.3 Å². The summed E-state index contributed by atoms with van der Waals surface area (Å²) in [5.41, 5.74) is 9.80. The minimum absolute atomic E-state index is 0.0554. The summed E-state index contributed by atoms with van der Waals surface area (Å²) in [6, 6.07) is 8.98. The van der Waals surface area contributed by atoms with Gasteiger partial charge in [0.25, 0.3) is 0 Å². The number of fused-ring (bicyclic) bond motifs is 1. The summed E-state index contributed by atoms with van der Waals surface area (Å²) in [6.07, 6.45) is -2.89. The van der Waals surface area contributed by atoms with Crippen LogP contribution in [0.25, 0.3) is 10.4 Å². The molecule has 0 radical (unpaired) electrons. The minimum atomic E-state index is -0.954. The third-order valence-electron chi connectivity index (χ3n) is 4.02. The average Bonchev–Trinajstić information content (AvgIpc) is 3.02. The van der Waals surface area contributed by atoms with Crippen LogP contribution in [0.4, 0.5) is 0 Å². The maximum atomic E-state index is 10.4. The predicted octanol–water partition coefficient (Wildman–Crippen LogP) is 2.12. The normalized spacial score (nSPS) is 32.1. The van der Waals surface area contributed by atoms with Gasteiger partial charge in [0.2, 0.25) is 0 Å². The van der Waals surface area contributed by atoms with E-state index in [1.54, 1.807) is 13.8 Å². The van der Waals surface area contributed by atoms with Crippen molar-refractivity contribution in [1.29, 1.82) is 0 Å². The predicted molar refractivity (Wildman–Crippen MR) is 83.7 cm³/mol. The SMILES string of the molecule is CC1(C)O[C@H]2O[C@H]([C@H](O)COCc3ccccc3)[C@H](N=[N+]=[N-])[C@H]2O1. The molecule has 2 aliphatic heterocycles. The lowest BCUT2D eigenvalue weighted by Gasteiger charge is -2.26. The highest BCUT2D eigenvalue weighted by Crippen LogP contribution is 2.39. The summed E-state index contributed by atoms with van der Waals surface area (Å²) in [6.45, 7) is 3.95. The first-order valence-electron chi connectivity index (χ1n) is 7.85. The molecule has 3 rings (SSSR count). The molecule has 2 saturated heterocycles. The average molecular weight is 335 g/mol. The summed E-state index contributed by atoms with van der Waals surface area (Å²) in [4.78, 5) is 2.84. The van der Waals surface area contributed by atoms with E-state index in [2.05, 4.69) is 10.0 Å². The molecule has 2 fully saturated rings. The minimum Gasteiger partial charge on any atom is -0.388 e. The molecule has 5 atom stereocenters. The number of hydrogen-bond donors (Lipinski definition) is 1. The second-order valence-corrected chi connectivity index (χ2v) is 6.33. The zero-order valence-electron chi connectivity index (χ0n) is 13.6. The number of benzene rings is 1. The fourth-order valence-electron chi connectivity index (χ4n) is 2.99. The van der Waals surface area contributed by atoms with E-state index >= 15 is 0 Å². The monoisotopic (exact) mass is 335 g/mol. The van der Waals surface area contributed by atoms with Crippen LogP contribution in [0.1, 0.15) is 19.4 Å². The lowest BCUT2D eigenvalue weighted by molar-refractivity contribution is -0.218. The zero-order chi connectivity index (χ0) is 17.2. The van der Waals surface area contributed by atoms with Gasteiger partial charge >= 0.3 is 0 Å². The van der Waals surface area contributed by atoms with E-state index in [4.69, 9.17) is 24.5 Å². The quantitative estimate of drug-likeness (QED) is 0.487. The molecule has 2 heterocycles. The fraction of sp³-hybridized carbons (Fsp3) is 0.625. The van der Waals surface area contributed by atoms with Gasteiger partial charge in [0.1, 0.15) is 18.3 Å². The van der Waals surface area contributed by atoms with E-state index < -0.39 is 36.4 Å². The Bertz CT molecular complexity index is 605. The number of ether oxygens (including phenoxy) is 4. The fourth-order valence-corrected chi connectivity index (χ4v) is 2.99. The molecule has 0 amide bonds. The number of aliphatic hydroxyl groups is 1. The lowest BCUT2D eigenvalue weighted by atomic mass is 10.0. The van der Waals surface area contributed by atoms with Crippen LogP contribution in [0.5, 0.6) is 0 Å². The van der Waals surface area contributed by atoms with Crippen molar-refractivity contribution in [3.63, 3.8) is 0 Å². The van der Waals surface area contributed by atoms with Crippen molar-refractivity contribution in [2.75, 3.05) is 6.61 Å². The first-order valence-corrected chi connectivity index (χ1v) is 7.85. The van der Waals surface area contributed by atoms with Crippen molar-refractivity contribution in [3.8, 4) is 0 Å². The lowest BCUT2D eigenvalue weighted by Crippen LogP contribution is -2.41. The van der Waals surface area contributed by atoms with Crippen LogP contribution in [-0.4, -0.2) is 48.1 Å². The van der Waals surface area contributed by atoms with Crippen LogP contribution in [0.2, 0.25) is 0 Å². The Morgan fingerprint density at radius 2 is 2.08 bits per heavy atom. The van der Waals surface area contributed by atoms with E-state index in [1.807, 2.05) is 30.3 Å². The molecule has 0 bridgehead atoms. The van der Waals surface area contributed by atoms with Crippen molar-refractivity contribution in [3.05, 3.63) is 46.3 Å². The molecule has 0 saturated carbocycles. The second kappa shape index (κ2) is 7.06. The molecule has 0 aromatic heterocycles. The third-order valence-corrected chi connectivity index (χ3v) is 4.02. The molecule has 1 aromatic rings. The summed E-state index contributed by atoms with van der Waals surface area (Å²) < 4.78 is 22.6. The number of hydrogen-bond acceptors (Lipinski definition) is 6. The number of nitrogens with zero attached hydrogens (tertiary/aromatic N) is 3. The first kappa shape index (κ1) is 17.2. The molecule has 1 aromatic carbocycles. The highest BCUT2D eigenvalue weighted by molar-refractivity contribution is 5.13. The van der Waals surface area contributed by atoms with E-state index in [9.17, 15) is 5.11 Å². The number of rotatable bonds is 6. The molecule has 8 nitrogen and oxygen atoms in total. The molecular weight excluding hydrogens is 314 g/mol. The van der Waals surface area contributed by atoms with E-state index in [0.717, 1.165) is 5.56 Å². The van der Waals surface area contributed by atoms with Crippen LogP contribution in [0.3, 0.4) is 0 Å². The molecule has 2 aliphatic rings. The van der Waals surface area contributed by atoms with Crippen LogP contribution >= 0.6 is 0 Å². The van der Waals surface area contributed by atoms with Gasteiger partial charge in [-0.3, -0.25) is 0 Å². The maximum absolute atomic E-state index is 10.4. The van der Waals surface area contributed by atoms with Gasteiger partial charge in [0.15, 0.2) is 12.1 Å². The Hall–Kier alpha value is -1.67. The van der Waals surface area contributed by atoms with Gasteiger partial charge in [-0.1, -0.05) is 35.4 Å². The number of azide groups is 1. The molecule has 0 spiro atoms. The second-order valence-electron chi connectivity index (χ2n) is 6.33. The first-order chi connectivity index (χ1) is 11.5. The largest absolute Gasteiger partial charge is 0.388 e. The van der Waals surface area contributed by atoms with Crippen LogP contribution in [-0.2, 0) is 25.6 Å².